The summed E-state index contributed by atoms with van der Waals surface area (Å²) in [6, 6.07) is 41.4. The predicted octanol–water partition coefficient (Wildman–Crippen LogP) is 6.82. The first-order valence-corrected chi connectivity index (χ1v) is 12.3. The fourth-order valence-corrected chi connectivity index (χ4v) is 6.41. The van der Waals surface area contributed by atoms with Crippen LogP contribution in [-0.2, 0) is 0 Å². The monoisotopic (exact) mass is 454 g/mol. The molecular weight excluding hydrogens is 435 g/mol. The molecule has 0 fully saturated rings. The zero-order valence-electron chi connectivity index (χ0n) is 19.4. The van der Waals surface area contributed by atoms with Crippen molar-refractivity contribution >= 4 is 67.4 Å². The molecule has 0 saturated heterocycles. The highest BCUT2D eigenvalue weighted by atomic mass is 15.1. The minimum atomic E-state index is 0.126. The third kappa shape index (κ3) is 2.46. The van der Waals surface area contributed by atoms with Crippen LogP contribution in [0.2, 0.25) is 0 Å². The molecule has 0 saturated carbocycles. The van der Waals surface area contributed by atoms with E-state index in [0.29, 0.717) is 0 Å². The van der Waals surface area contributed by atoms with Gasteiger partial charge >= 0.3 is 0 Å². The Hall–Kier alpha value is -4.81. The molecule has 0 radical (unpaired) electrons. The molecule has 2 aliphatic heterocycles. The highest BCUT2D eigenvalue weighted by Crippen LogP contribution is 2.43. The number of hydrogen-bond acceptors (Lipinski definition) is 1. The summed E-state index contributed by atoms with van der Waals surface area (Å²) in [6.45, 7) is 7.87. The summed E-state index contributed by atoms with van der Waals surface area (Å²) in [7, 11) is 0. The molecule has 0 N–H and O–H groups in total. The third-order valence-corrected chi connectivity index (χ3v) is 7.86. The normalized spacial score (nSPS) is 12.9. The Bertz CT molecular complexity index is 1930. The summed E-state index contributed by atoms with van der Waals surface area (Å²) in [5.74, 6) is 0. The van der Waals surface area contributed by atoms with Gasteiger partial charge in [-0.3, -0.25) is 0 Å². The summed E-state index contributed by atoms with van der Waals surface area (Å²) in [4.78, 5) is 6.27. The molecule has 6 aromatic rings. The first-order valence-electron chi connectivity index (χ1n) is 12.3. The van der Waals surface area contributed by atoms with Gasteiger partial charge in [0.25, 0.3) is 0 Å². The zero-order chi connectivity index (χ0) is 23.8. The largest absolute Gasteiger partial charge is 0.311 e. The van der Waals surface area contributed by atoms with E-state index in [2.05, 4.69) is 119 Å². The average molecular weight is 454 g/mol. The molecule has 2 aliphatic rings. The second-order valence-corrected chi connectivity index (χ2v) is 9.61. The van der Waals surface area contributed by atoms with Gasteiger partial charge in [0, 0.05) is 17.1 Å². The van der Waals surface area contributed by atoms with Crippen molar-refractivity contribution in [1.29, 1.82) is 0 Å². The average Bonchev–Trinajstić information content (AvgIpc) is 2.94. The number of hydrogen-bond donors (Lipinski definition) is 0. The fourth-order valence-electron chi connectivity index (χ4n) is 6.41. The molecule has 164 valence electrons. The maximum absolute atomic E-state index is 7.74. The van der Waals surface area contributed by atoms with Crippen LogP contribution in [0.3, 0.4) is 0 Å². The predicted molar refractivity (Wildman–Crippen MR) is 152 cm³/mol. The van der Waals surface area contributed by atoms with Gasteiger partial charge in [-0.1, -0.05) is 96.5 Å². The molecule has 0 atom stereocenters. The van der Waals surface area contributed by atoms with Crippen molar-refractivity contribution in [2.24, 2.45) is 0 Å². The van der Waals surface area contributed by atoms with Crippen molar-refractivity contribution in [3.05, 3.63) is 127 Å². The summed E-state index contributed by atoms with van der Waals surface area (Å²) in [6.07, 6.45) is 0. The smallest absolute Gasteiger partial charge is 0.248 e. The number of anilines is 3. The van der Waals surface area contributed by atoms with E-state index in [9.17, 15) is 0 Å². The highest BCUT2D eigenvalue weighted by molar-refractivity contribution is 7.01. The quantitative estimate of drug-likeness (QED) is 0.195. The van der Waals surface area contributed by atoms with Crippen molar-refractivity contribution in [1.82, 2.24) is 0 Å². The third-order valence-electron chi connectivity index (χ3n) is 7.86. The number of para-hydroxylation sites is 1. The van der Waals surface area contributed by atoms with E-state index >= 15 is 0 Å². The molecule has 0 aliphatic carbocycles. The van der Waals surface area contributed by atoms with E-state index in [0.717, 1.165) is 11.1 Å². The standard InChI is InChI=1S/C33H19BN2/c1-35-29-19-18-24-25-10-7-15-31-33(25)34(28-13-6-11-26(29)32(24)28)27-12-4-5-14-30(27)36(31)23-17-16-21-8-2-3-9-22(21)20-23/h2-20H. The first kappa shape index (κ1) is 19.5. The Balaban J connectivity index is 1.49. The van der Waals surface area contributed by atoms with Crippen LogP contribution in [0.4, 0.5) is 22.7 Å². The molecular formula is C33H19BN2. The molecule has 0 bridgehead atoms. The van der Waals surface area contributed by atoms with Gasteiger partial charge in [0.05, 0.1) is 6.57 Å². The van der Waals surface area contributed by atoms with Gasteiger partial charge in [-0.05, 0) is 67.9 Å². The number of rotatable bonds is 1. The van der Waals surface area contributed by atoms with E-state index in [1.807, 2.05) is 6.07 Å². The molecule has 0 spiro atoms. The minimum absolute atomic E-state index is 0.126. The van der Waals surface area contributed by atoms with E-state index < -0.39 is 0 Å². The summed E-state index contributed by atoms with van der Waals surface area (Å²) in [5.41, 5.74) is 10.7. The lowest BCUT2D eigenvalue weighted by atomic mass is 9.32. The Labute approximate surface area is 210 Å². The molecule has 0 unspecified atom stereocenters. The van der Waals surface area contributed by atoms with E-state index in [1.54, 1.807) is 0 Å². The lowest BCUT2D eigenvalue weighted by molar-refractivity contribution is 1.30. The van der Waals surface area contributed by atoms with E-state index in [-0.39, 0.29) is 6.71 Å². The molecule has 36 heavy (non-hydrogen) atoms. The van der Waals surface area contributed by atoms with Gasteiger partial charge in [0.15, 0.2) is 5.69 Å². The van der Waals surface area contributed by atoms with Crippen LogP contribution in [0.25, 0.3) is 37.5 Å². The molecule has 2 heterocycles. The molecule has 0 aromatic heterocycles. The van der Waals surface area contributed by atoms with E-state index in [4.69, 9.17) is 6.57 Å². The molecule has 6 aromatic carbocycles. The topological polar surface area (TPSA) is 7.60 Å². The van der Waals surface area contributed by atoms with Crippen LogP contribution < -0.4 is 21.3 Å². The van der Waals surface area contributed by atoms with Gasteiger partial charge in [0.1, 0.15) is 0 Å². The van der Waals surface area contributed by atoms with Gasteiger partial charge in [-0.2, -0.15) is 0 Å². The van der Waals surface area contributed by atoms with Crippen LogP contribution in [0.5, 0.6) is 0 Å². The van der Waals surface area contributed by atoms with Gasteiger partial charge in [-0.15, -0.1) is 0 Å². The second-order valence-electron chi connectivity index (χ2n) is 9.61. The lowest BCUT2D eigenvalue weighted by Crippen LogP contribution is -2.59. The van der Waals surface area contributed by atoms with Crippen LogP contribution in [0.1, 0.15) is 0 Å². The van der Waals surface area contributed by atoms with Crippen LogP contribution in [0.15, 0.2) is 115 Å². The maximum atomic E-state index is 7.74. The lowest BCUT2D eigenvalue weighted by Gasteiger charge is -2.40. The van der Waals surface area contributed by atoms with Crippen LogP contribution in [0, 0.1) is 6.57 Å². The molecule has 8 rings (SSSR count). The van der Waals surface area contributed by atoms with E-state index in [1.165, 1.54) is 60.7 Å². The fraction of sp³-hybridized carbons (Fsp3) is 0. The van der Waals surface area contributed by atoms with Crippen molar-refractivity contribution in [3.63, 3.8) is 0 Å². The minimum Gasteiger partial charge on any atom is -0.311 e. The van der Waals surface area contributed by atoms with Crippen molar-refractivity contribution in [2.45, 2.75) is 0 Å². The van der Waals surface area contributed by atoms with Gasteiger partial charge in [-0.25, -0.2) is 4.85 Å². The molecule has 2 nitrogen and oxygen atoms in total. The van der Waals surface area contributed by atoms with Crippen LogP contribution in [-0.4, -0.2) is 6.71 Å². The summed E-state index contributed by atoms with van der Waals surface area (Å²) in [5, 5.41) is 4.75. The number of benzene rings is 6. The number of fused-ring (bicyclic) bond motifs is 5. The zero-order valence-corrected chi connectivity index (χ0v) is 19.4. The first-order chi connectivity index (χ1) is 17.8. The Kier molecular flexibility index (Phi) is 3.85. The van der Waals surface area contributed by atoms with Crippen molar-refractivity contribution in [2.75, 3.05) is 4.90 Å². The maximum Gasteiger partial charge on any atom is 0.248 e. The Morgan fingerprint density at radius 3 is 2.31 bits per heavy atom. The highest BCUT2D eigenvalue weighted by Gasteiger charge is 2.40. The van der Waals surface area contributed by atoms with Gasteiger partial charge < -0.3 is 4.90 Å². The van der Waals surface area contributed by atoms with Gasteiger partial charge in [0.2, 0.25) is 6.71 Å². The SMILES string of the molecule is [C-]#[N+]c1ccc2c3c(cccc13)B1c3ccccc3N(c3ccc4ccccc4c3)c3cccc-2c31. The van der Waals surface area contributed by atoms with Crippen molar-refractivity contribution in [3.8, 4) is 11.1 Å². The summed E-state index contributed by atoms with van der Waals surface area (Å²) < 4.78 is 0. The summed E-state index contributed by atoms with van der Waals surface area (Å²) >= 11 is 0. The molecule has 0 amide bonds. The Morgan fingerprint density at radius 2 is 1.39 bits per heavy atom. The van der Waals surface area contributed by atoms with Crippen molar-refractivity contribution < 1.29 is 0 Å². The van der Waals surface area contributed by atoms with Crippen LogP contribution >= 0.6 is 0 Å². The Morgan fingerprint density at radius 1 is 0.611 bits per heavy atom. The second kappa shape index (κ2) is 7.10. The number of nitrogens with zero attached hydrogens (tertiary/aromatic N) is 2. The molecule has 3 heteroatoms.